The van der Waals surface area contributed by atoms with Gasteiger partial charge in [0.2, 0.25) is 0 Å². The molecule has 0 bridgehead atoms. The van der Waals surface area contributed by atoms with Crippen molar-refractivity contribution in [3.05, 3.63) is 30.1 Å². The summed E-state index contributed by atoms with van der Waals surface area (Å²) in [6.45, 7) is 16.3. The van der Waals surface area contributed by atoms with Gasteiger partial charge in [-0.25, -0.2) is 0 Å². The van der Waals surface area contributed by atoms with E-state index in [4.69, 9.17) is 18.6 Å². The van der Waals surface area contributed by atoms with Gasteiger partial charge >= 0.3 is 11.9 Å². The number of ether oxygens (including phenoxy) is 3. The second-order valence-electron chi connectivity index (χ2n) is 8.46. The first-order chi connectivity index (χ1) is 14.0. The van der Waals surface area contributed by atoms with Crippen molar-refractivity contribution < 1.29 is 28.2 Å². The average molecular weight is 440 g/mol. The molecule has 1 rings (SSSR count). The Kier molecular flexibility index (Phi) is 10.1. The fourth-order valence-corrected chi connectivity index (χ4v) is 3.96. The second kappa shape index (κ2) is 11.6. The minimum atomic E-state index is -2.32. The molecule has 0 aromatic carbocycles. The lowest BCUT2D eigenvalue weighted by atomic mass is 9.95. The molecule has 30 heavy (non-hydrogen) atoms. The second-order valence-corrected chi connectivity index (χ2v) is 13.2. The van der Waals surface area contributed by atoms with E-state index in [1.165, 1.54) is 0 Å². The van der Waals surface area contributed by atoms with Gasteiger partial charge in [-0.1, -0.05) is 26.8 Å². The molecule has 0 radical (unpaired) electrons. The minimum absolute atomic E-state index is 0.0971. The fraction of sp³-hybridized carbons (Fsp3) is 0.682. The van der Waals surface area contributed by atoms with Gasteiger partial charge < -0.3 is 18.6 Å². The summed E-state index contributed by atoms with van der Waals surface area (Å²) >= 11 is 0. The molecule has 170 valence electrons. The number of carbonyl (C=O) groups excluding carboxylic acids is 2. The van der Waals surface area contributed by atoms with E-state index in [9.17, 15) is 9.59 Å². The zero-order valence-corrected chi connectivity index (χ0v) is 20.6. The molecule has 1 aromatic heterocycles. The Morgan fingerprint density at radius 2 is 1.57 bits per heavy atom. The lowest BCUT2D eigenvalue weighted by Crippen LogP contribution is -2.49. The van der Waals surface area contributed by atoms with Gasteiger partial charge in [-0.05, 0) is 51.0 Å². The van der Waals surface area contributed by atoms with Crippen molar-refractivity contribution in [2.75, 3.05) is 19.8 Å². The summed E-state index contributed by atoms with van der Waals surface area (Å²) in [5, 5.41) is -0.0971. The highest BCUT2D eigenvalue weighted by Crippen LogP contribution is 2.42. The standard InChI is InChI=1S/C22H37NO6Si/c1-9-26-19(17(20(24)27-10-2)21(25)28-11-3)18(16-14-12-13-15-23-16)29-30(7,8)22(4,5)6/h12-15,17-19H,9-11H2,1-8H3. The van der Waals surface area contributed by atoms with E-state index in [-0.39, 0.29) is 24.9 Å². The number of pyridine rings is 1. The first-order valence-electron chi connectivity index (χ1n) is 10.5. The highest BCUT2D eigenvalue weighted by Gasteiger charge is 2.48. The van der Waals surface area contributed by atoms with Crippen LogP contribution in [0.5, 0.6) is 0 Å². The van der Waals surface area contributed by atoms with Crippen molar-refractivity contribution in [2.45, 2.75) is 71.9 Å². The van der Waals surface area contributed by atoms with Gasteiger partial charge in [-0.3, -0.25) is 14.6 Å². The summed E-state index contributed by atoms with van der Waals surface area (Å²) < 4.78 is 23.0. The van der Waals surface area contributed by atoms with Crippen LogP contribution in [0.4, 0.5) is 0 Å². The maximum absolute atomic E-state index is 12.8. The first kappa shape index (κ1) is 26.3. The molecule has 0 spiro atoms. The highest BCUT2D eigenvalue weighted by atomic mass is 28.4. The molecule has 1 aromatic rings. The Hall–Kier alpha value is -1.77. The number of hydrogen-bond donors (Lipinski definition) is 0. The average Bonchev–Trinajstić information content (AvgIpc) is 2.66. The lowest BCUT2D eigenvalue weighted by molar-refractivity contribution is -0.174. The normalized spacial score (nSPS) is 14.3. The zero-order chi connectivity index (χ0) is 22.9. The maximum Gasteiger partial charge on any atom is 0.323 e. The topological polar surface area (TPSA) is 84.0 Å². The molecule has 0 N–H and O–H groups in total. The number of nitrogens with zero attached hydrogens (tertiary/aromatic N) is 1. The molecule has 7 nitrogen and oxygen atoms in total. The highest BCUT2D eigenvalue weighted by molar-refractivity contribution is 6.74. The number of rotatable bonds is 11. The summed E-state index contributed by atoms with van der Waals surface area (Å²) in [6.07, 6.45) is -0.00708. The van der Waals surface area contributed by atoms with E-state index in [2.05, 4.69) is 38.8 Å². The van der Waals surface area contributed by atoms with Crippen LogP contribution in [-0.2, 0) is 28.2 Å². The zero-order valence-electron chi connectivity index (χ0n) is 19.6. The van der Waals surface area contributed by atoms with Crippen LogP contribution in [0.3, 0.4) is 0 Å². The molecule has 0 aliphatic carbocycles. The van der Waals surface area contributed by atoms with E-state index in [0.717, 1.165) is 0 Å². The SMILES string of the molecule is CCOC(=O)C(C(=O)OCC)C(OCC)C(O[Si](C)(C)C(C)(C)C)c1ccccn1. The predicted octanol–water partition coefficient (Wildman–Crippen LogP) is 4.29. The van der Waals surface area contributed by atoms with E-state index in [1.807, 2.05) is 19.1 Å². The summed E-state index contributed by atoms with van der Waals surface area (Å²) in [5.41, 5.74) is 0.597. The molecule has 8 heteroatoms. The minimum Gasteiger partial charge on any atom is -0.465 e. The van der Waals surface area contributed by atoms with Crippen molar-refractivity contribution in [1.29, 1.82) is 0 Å². The molecular weight excluding hydrogens is 402 g/mol. The smallest absolute Gasteiger partial charge is 0.323 e. The van der Waals surface area contributed by atoms with Crippen molar-refractivity contribution in [2.24, 2.45) is 5.92 Å². The molecule has 0 fully saturated rings. The molecule has 2 unspecified atom stereocenters. The van der Waals surface area contributed by atoms with Crippen LogP contribution in [0.15, 0.2) is 24.4 Å². The molecule has 0 aliphatic heterocycles. The summed E-state index contributed by atoms with van der Waals surface area (Å²) in [4.78, 5) is 30.1. The lowest BCUT2D eigenvalue weighted by Gasteiger charge is -2.41. The van der Waals surface area contributed by atoms with Crippen LogP contribution >= 0.6 is 0 Å². The molecule has 0 saturated carbocycles. The van der Waals surface area contributed by atoms with Gasteiger partial charge in [0.1, 0.15) is 12.2 Å². The molecule has 0 amide bonds. The van der Waals surface area contributed by atoms with Crippen LogP contribution in [0, 0.1) is 5.92 Å². The van der Waals surface area contributed by atoms with Crippen molar-refractivity contribution in [3.8, 4) is 0 Å². The fourth-order valence-electron chi connectivity index (χ4n) is 2.71. The molecule has 2 atom stereocenters. The van der Waals surface area contributed by atoms with Crippen LogP contribution < -0.4 is 0 Å². The Morgan fingerprint density at radius 3 is 1.97 bits per heavy atom. The Bertz CT molecular complexity index is 656. The van der Waals surface area contributed by atoms with Gasteiger partial charge in [0.15, 0.2) is 14.2 Å². The van der Waals surface area contributed by atoms with Gasteiger partial charge in [0.05, 0.1) is 18.9 Å². The van der Waals surface area contributed by atoms with E-state index >= 15 is 0 Å². The molecule has 1 heterocycles. The third kappa shape index (κ3) is 6.89. The Labute approximate surface area is 181 Å². The van der Waals surface area contributed by atoms with E-state index in [1.54, 1.807) is 26.1 Å². The first-order valence-corrected chi connectivity index (χ1v) is 13.4. The summed E-state index contributed by atoms with van der Waals surface area (Å²) in [7, 11) is -2.32. The number of esters is 2. The predicted molar refractivity (Wildman–Crippen MR) is 117 cm³/mol. The van der Waals surface area contributed by atoms with Crippen molar-refractivity contribution in [1.82, 2.24) is 4.98 Å². The van der Waals surface area contributed by atoms with Gasteiger partial charge in [-0.15, -0.1) is 0 Å². The molecule has 0 saturated heterocycles. The third-order valence-corrected chi connectivity index (χ3v) is 9.73. The molecular formula is C22H37NO6Si. The van der Waals surface area contributed by atoms with Gasteiger partial charge in [0.25, 0.3) is 0 Å². The maximum atomic E-state index is 12.8. The van der Waals surface area contributed by atoms with Gasteiger partial charge in [-0.2, -0.15) is 0 Å². The largest absolute Gasteiger partial charge is 0.465 e. The quantitative estimate of drug-likeness (QED) is 0.289. The summed E-state index contributed by atoms with van der Waals surface area (Å²) in [5.74, 6) is -2.65. The van der Waals surface area contributed by atoms with Crippen LogP contribution in [0.1, 0.15) is 53.3 Å². The van der Waals surface area contributed by atoms with Crippen molar-refractivity contribution in [3.63, 3.8) is 0 Å². The number of carbonyl (C=O) groups is 2. The van der Waals surface area contributed by atoms with Crippen LogP contribution in [0.2, 0.25) is 18.1 Å². The van der Waals surface area contributed by atoms with E-state index in [0.29, 0.717) is 5.69 Å². The monoisotopic (exact) mass is 439 g/mol. The van der Waals surface area contributed by atoms with Gasteiger partial charge in [0, 0.05) is 12.8 Å². The molecule has 0 aliphatic rings. The third-order valence-electron chi connectivity index (χ3n) is 5.27. The Morgan fingerprint density at radius 1 is 1.00 bits per heavy atom. The number of aromatic nitrogens is 1. The van der Waals surface area contributed by atoms with Crippen LogP contribution in [0.25, 0.3) is 0 Å². The van der Waals surface area contributed by atoms with Crippen LogP contribution in [-0.4, -0.2) is 51.2 Å². The van der Waals surface area contributed by atoms with E-state index < -0.39 is 38.4 Å². The van der Waals surface area contributed by atoms with Crippen molar-refractivity contribution >= 4 is 20.3 Å². The number of hydrogen-bond acceptors (Lipinski definition) is 7. The summed E-state index contributed by atoms with van der Waals surface area (Å²) in [6, 6.07) is 5.46. The Balaban J connectivity index is 3.53.